The Morgan fingerprint density at radius 2 is 2.25 bits per heavy atom. The Bertz CT molecular complexity index is 213. The molecule has 1 aliphatic carbocycles. The highest BCUT2D eigenvalue weighted by molar-refractivity contribution is 5.80. The van der Waals surface area contributed by atoms with Crippen LogP contribution in [0, 0.1) is 5.92 Å². The lowest BCUT2D eigenvalue weighted by molar-refractivity contribution is -0.167. The monoisotopic (exact) mass is 169 g/mol. The van der Waals surface area contributed by atoms with Gasteiger partial charge in [-0.05, 0) is 33.1 Å². The molecule has 0 aromatic heterocycles. The Balaban J connectivity index is 2.15. The Labute approximate surface area is 72.5 Å². The highest BCUT2D eigenvalue weighted by Gasteiger charge is 2.43. The summed E-state index contributed by atoms with van der Waals surface area (Å²) in [6, 6.07) is 0. The van der Waals surface area contributed by atoms with Crippen LogP contribution < -0.4 is 5.32 Å². The molecule has 0 aromatic rings. The summed E-state index contributed by atoms with van der Waals surface area (Å²) in [4.78, 5) is 11.5. The molecule has 2 atom stereocenters. The van der Waals surface area contributed by atoms with E-state index in [4.69, 9.17) is 4.74 Å². The zero-order chi connectivity index (χ0) is 8.77. The number of fused-ring (bicyclic) bond motifs is 1. The van der Waals surface area contributed by atoms with E-state index in [0.717, 1.165) is 19.3 Å². The second-order valence-electron chi connectivity index (χ2n) is 4.19. The molecule has 2 rings (SSSR count). The van der Waals surface area contributed by atoms with Gasteiger partial charge in [-0.15, -0.1) is 0 Å². The van der Waals surface area contributed by atoms with Gasteiger partial charge < -0.3 is 10.1 Å². The minimum absolute atomic E-state index is 0.123. The van der Waals surface area contributed by atoms with E-state index in [1.807, 2.05) is 13.8 Å². The molecule has 1 heterocycles. The van der Waals surface area contributed by atoms with Gasteiger partial charge in [0.25, 0.3) is 0 Å². The quantitative estimate of drug-likeness (QED) is 0.588. The fourth-order valence-electron chi connectivity index (χ4n) is 2.16. The van der Waals surface area contributed by atoms with Gasteiger partial charge >= 0.3 is 0 Å². The molecule has 68 valence electrons. The lowest BCUT2D eigenvalue weighted by atomic mass is 10.0. The molecule has 0 radical (unpaired) electrons. The first-order valence-electron chi connectivity index (χ1n) is 4.58. The van der Waals surface area contributed by atoms with Crippen molar-refractivity contribution in [3.8, 4) is 0 Å². The number of carbonyl (C=O) groups excluding carboxylic acids is 1. The van der Waals surface area contributed by atoms with Gasteiger partial charge in [0, 0.05) is 0 Å². The molecular weight excluding hydrogens is 154 g/mol. The van der Waals surface area contributed by atoms with Crippen LogP contribution in [0.1, 0.15) is 33.1 Å². The zero-order valence-electron chi connectivity index (χ0n) is 7.59. The summed E-state index contributed by atoms with van der Waals surface area (Å²) in [7, 11) is 0. The first kappa shape index (κ1) is 8.05. The summed E-state index contributed by atoms with van der Waals surface area (Å²) in [5.74, 6) is 0.298. The summed E-state index contributed by atoms with van der Waals surface area (Å²) in [6.07, 6.45) is 3.33. The van der Waals surface area contributed by atoms with Crippen LogP contribution in [-0.2, 0) is 9.53 Å². The number of amides is 1. The molecule has 1 N–H and O–H groups in total. The third-order valence-corrected chi connectivity index (χ3v) is 2.66. The summed E-state index contributed by atoms with van der Waals surface area (Å²) >= 11 is 0. The Kier molecular flexibility index (Phi) is 1.65. The molecule has 3 heteroatoms. The van der Waals surface area contributed by atoms with Crippen molar-refractivity contribution >= 4 is 5.91 Å². The van der Waals surface area contributed by atoms with Crippen LogP contribution in [0.5, 0.6) is 0 Å². The van der Waals surface area contributed by atoms with Crippen molar-refractivity contribution < 1.29 is 9.53 Å². The fraction of sp³-hybridized carbons (Fsp3) is 0.889. The Hall–Kier alpha value is -0.570. The van der Waals surface area contributed by atoms with Crippen molar-refractivity contribution in [2.45, 2.75) is 44.9 Å². The minimum atomic E-state index is -0.456. The number of ether oxygens (including phenoxy) is 1. The van der Waals surface area contributed by atoms with Crippen molar-refractivity contribution in [1.82, 2.24) is 5.32 Å². The van der Waals surface area contributed by atoms with Gasteiger partial charge in [0.2, 0.25) is 5.91 Å². The molecule has 0 spiro atoms. The molecule has 2 aliphatic rings. The molecule has 1 amide bonds. The molecule has 1 aliphatic heterocycles. The maximum Gasteiger partial charge on any atom is 0.227 e. The van der Waals surface area contributed by atoms with Crippen LogP contribution in [0.25, 0.3) is 0 Å². The fourth-order valence-corrected chi connectivity index (χ4v) is 2.16. The number of nitrogens with one attached hydrogen (secondary N) is 1. The SMILES string of the molecule is CC1(C)NC(=O)C2CCCC2O1. The number of carbonyl (C=O) groups is 1. The van der Waals surface area contributed by atoms with Gasteiger partial charge in [0.15, 0.2) is 0 Å². The summed E-state index contributed by atoms with van der Waals surface area (Å²) in [5, 5.41) is 2.87. The van der Waals surface area contributed by atoms with Crippen LogP contribution in [0.15, 0.2) is 0 Å². The van der Waals surface area contributed by atoms with Crippen molar-refractivity contribution in [1.29, 1.82) is 0 Å². The van der Waals surface area contributed by atoms with Gasteiger partial charge in [-0.3, -0.25) is 4.79 Å². The van der Waals surface area contributed by atoms with E-state index in [0.29, 0.717) is 0 Å². The summed E-state index contributed by atoms with van der Waals surface area (Å²) in [6.45, 7) is 3.80. The normalized spacial score (nSPS) is 39.0. The predicted molar refractivity (Wildman–Crippen MR) is 44.4 cm³/mol. The van der Waals surface area contributed by atoms with Crippen molar-refractivity contribution in [2.75, 3.05) is 0 Å². The molecular formula is C9H15NO2. The van der Waals surface area contributed by atoms with Crippen LogP contribution in [0.2, 0.25) is 0 Å². The minimum Gasteiger partial charge on any atom is -0.352 e. The van der Waals surface area contributed by atoms with E-state index in [1.54, 1.807) is 0 Å². The second kappa shape index (κ2) is 2.46. The van der Waals surface area contributed by atoms with Crippen molar-refractivity contribution in [3.05, 3.63) is 0 Å². The van der Waals surface area contributed by atoms with E-state index in [1.165, 1.54) is 0 Å². The average molecular weight is 169 g/mol. The van der Waals surface area contributed by atoms with Crippen LogP contribution in [-0.4, -0.2) is 17.7 Å². The lowest BCUT2D eigenvalue weighted by Gasteiger charge is -2.38. The number of rotatable bonds is 0. The summed E-state index contributed by atoms with van der Waals surface area (Å²) in [5.41, 5.74) is -0.456. The Morgan fingerprint density at radius 3 is 3.00 bits per heavy atom. The molecule has 12 heavy (non-hydrogen) atoms. The number of hydrogen-bond donors (Lipinski definition) is 1. The summed E-state index contributed by atoms with van der Waals surface area (Å²) < 4.78 is 5.74. The van der Waals surface area contributed by atoms with E-state index >= 15 is 0 Å². The second-order valence-corrected chi connectivity index (χ2v) is 4.19. The van der Waals surface area contributed by atoms with Gasteiger partial charge in [-0.1, -0.05) is 0 Å². The third-order valence-electron chi connectivity index (χ3n) is 2.66. The molecule has 1 saturated heterocycles. The van der Waals surface area contributed by atoms with Gasteiger partial charge in [0.05, 0.1) is 12.0 Å². The van der Waals surface area contributed by atoms with Gasteiger partial charge in [-0.2, -0.15) is 0 Å². The lowest BCUT2D eigenvalue weighted by Crippen LogP contribution is -2.56. The standard InChI is InChI=1S/C9H15NO2/c1-9(2)10-8(11)6-4-3-5-7(6)12-9/h6-7H,3-5H2,1-2H3,(H,10,11). The zero-order valence-corrected chi connectivity index (χ0v) is 7.59. The van der Waals surface area contributed by atoms with Crippen LogP contribution >= 0.6 is 0 Å². The smallest absolute Gasteiger partial charge is 0.227 e. The van der Waals surface area contributed by atoms with Gasteiger partial charge in [-0.25, -0.2) is 0 Å². The van der Waals surface area contributed by atoms with Crippen LogP contribution in [0.4, 0.5) is 0 Å². The highest BCUT2D eigenvalue weighted by atomic mass is 16.5. The molecule has 2 fully saturated rings. The van der Waals surface area contributed by atoms with E-state index in [9.17, 15) is 4.79 Å². The third kappa shape index (κ3) is 1.22. The average Bonchev–Trinajstić information content (AvgIpc) is 2.31. The van der Waals surface area contributed by atoms with Crippen molar-refractivity contribution in [3.63, 3.8) is 0 Å². The first-order chi connectivity index (χ1) is 5.58. The predicted octanol–water partition coefficient (Wildman–Crippen LogP) is 1.04. The van der Waals surface area contributed by atoms with Crippen LogP contribution in [0.3, 0.4) is 0 Å². The van der Waals surface area contributed by atoms with E-state index in [-0.39, 0.29) is 17.9 Å². The molecule has 0 bridgehead atoms. The van der Waals surface area contributed by atoms with E-state index in [2.05, 4.69) is 5.32 Å². The van der Waals surface area contributed by atoms with E-state index < -0.39 is 5.72 Å². The van der Waals surface area contributed by atoms with Gasteiger partial charge in [0.1, 0.15) is 5.72 Å². The molecule has 1 saturated carbocycles. The maximum atomic E-state index is 11.5. The molecule has 2 unspecified atom stereocenters. The van der Waals surface area contributed by atoms with Crippen molar-refractivity contribution in [2.24, 2.45) is 5.92 Å². The number of hydrogen-bond acceptors (Lipinski definition) is 2. The molecule has 0 aromatic carbocycles. The maximum absolute atomic E-state index is 11.5. The highest BCUT2D eigenvalue weighted by Crippen LogP contribution is 2.34. The molecule has 3 nitrogen and oxygen atoms in total. The topological polar surface area (TPSA) is 38.3 Å². The Morgan fingerprint density at radius 1 is 1.50 bits per heavy atom. The largest absolute Gasteiger partial charge is 0.352 e. The first-order valence-corrected chi connectivity index (χ1v) is 4.58.